The monoisotopic (exact) mass is 295 g/mol. The highest BCUT2D eigenvalue weighted by Gasteiger charge is 2.10. The maximum atomic E-state index is 12.1. The predicted octanol–water partition coefficient (Wildman–Crippen LogP) is 1.76. The Kier molecular flexibility index (Phi) is 3.82. The van der Waals surface area contributed by atoms with Gasteiger partial charge >= 0.3 is 0 Å². The molecule has 1 amide bonds. The molecule has 3 rings (SSSR count). The van der Waals surface area contributed by atoms with E-state index in [0.29, 0.717) is 11.4 Å². The summed E-state index contributed by atoms with van der Waals surface area (Å²) in [6, 6.07) is 15.2. The highest BCUT2D eigenvalue weighted by molar-refractivity contribution is 5.91. The van der Waals surface area contributed by atoms with E-state index in [-0.39, 0.29) is 23.7 Å². The first-order chi connectivity index (χ1) is 10.7. The van der Waals surface area contributed by atoms with Crippen molar-refractivity contribution in [3.63, 3.8) is 0 Å². The van der Waals surface area contributed by atoms with Crippen LogP contribution in [0.1, 0.15) is 16.2 Å². The molecule has 1 aromatic carbocycles. The molecule has 0 aliphatic rings. The Morgan fingerprint density at radius 2 is 1.91 bits per heavy atom. The van der Waals surface area contributed by atoms with Crippen molar-refractivity contribution in [2.45, 2.75) is 6.54 Å². The van der Waals surface area contributed by atoms with Gasteiger partial charge in [0.25, 0.3) is 11.5 Å². The van der Waals surface area contributed by atoms with Gasteiger partial charge in [-0.15, -0.1) is 0 Å². The van der Waals surface area contributed by atoms with Crippen LogP contribution >= 0.6 is 0 Å². The van der Waals surface area contributed by atoms with Crippen molar-refractivity contribution in [3.05, 3.63) is 82.7 Å². The standard InChI is InChI=1S/C16H13N3O3/c20-15-9-8-14(16(21)17-11-13-7-4-10-22-13)18-19(15)12-5-2-1-3-6-12/h1-10H,11H2,(H,17,21). The molecule has 2 heterocycles. The van der Waals surface area contributed by atoms with Crippen LogP contribution in [-0.2, 0) is 6.54 Å². The molecule has 0 aliphatic heterocycles. The van der Waals surface area contributed by atoms with Crippen molar-refractivity contribution in [2.24, 2.45) is 0 Å². The molecule has 6 nitrogen and oxygen atoms in total. The number of benzene rings is 1. The molecule has 110 valence electrons. The van der Waals surface area contributed by atoms with Crippen LogP contribution in [0.5, 0.6) is 0 Å². The van der Waals surface area contributed by atoms with E-state index in [1.54, 1.807) is 36.4 Å². The number of hydrogen-bond acceptors (Lipinski definition) is 4. The van der Waals surface area contributed by atoms with Crippen molar-refractivity contribution in [3.8, 4) is 5.69 Å². The molecule has 6 heteroatoms. The molecule has 2 aromatic heterocycles. The first-order valence-corrected chi connectivity index (χ1v) is 6.70. The van der Waals surface area contributed by atoms with Gasteiger partial charge in [-0.3, -0.25) is 9.59 Å². The Balaban J connectivity index is 1.82. The molecule has 0 bridgehead atoms. The Morgan fingerprint density at radius 1 is 1.09 bits per heavy atom. The summed E-state index contributed by atoms with van der Waals surface area (Å²) in [5.74, 6) is 0.269. The summed E-state index contributed by atoms with van der Waals surface area (Å²) in [4.78, 5) is 24.0. The molecule has 0 unspecified atom stereocenters. The Labute approximate surface area is 126 Å². The largest absolute Gasteiger partial charge is 0.467 e. The second-order valence-electron chi connectivity index (χ2n) is 4.57. The van der Waals surface area contributed by atoms with Crippen LogP contribution in [0.25, 0.3) is 5.69 Å². The zero-order valence-corrected chi connectivity index (χ0v) is 11.6. The van der Waals surface area contributed by atoms with E-state index in [1.807, 2.05) is 6.07 Å². The number of carbonyl (C=O) groups excluding carboxylic acids is 1. The van der Waals surface area contributed by atoms with Crippen molar-refractivity contribution in [1.82, 2.24) is 15.1 Å². The fourth-order valence-electron chi connectivity index (χ4n) is 1.96. The number of nitrogens with zero attached hydrogens (tertiary/aromatic N) is 2. The van der Waals surface area contributed by atoms with Gasteiger partial charge in [-0.2, -0.15) is 9.78 Å². The van der Waals surface area contributed by atoms with Gasteiger partial charge in [0.1, 0.15) is 11.5 Å². The summed E-state index contributed by atoms with van der Waals surface area (Å²) >= 11 is 0. The molecule has 0 fully saturated rings. The fraction of sp³-hybridized carbons (Fsp3) is 0.0625. The van der Waals surface area contributed by atoms with Crippen LogP contribution in [0.3, 0.4) is 0 Å². The summed E-state index contributed by atoms with van der Waals surface area (Å²) in [6.07, 6.45) is 1.54. The van der Waals surface area contributed by atoms with Crippen molar-refractivity contribution in [1.29, 1.82) is 0 Å². The minimum atomic E-state index is -0.374. The first kappa shape index (κ1) is 13.8. The lowest BCUT2D eigenvalue weighted by molar-refractivity contribution is 0.0941. The van der Waals surface area contributed by atoms with Crippen LogP contribution in [0, 0.1) is 0 Å². The maximum absolute atomic E-state index is 12.1. The Hall–Kier alpha value is -3.15. The van der Waals surface area contributed by atoms with E-state index in [4.69, 9.17) is 4.42 Å². The van der Waals surface area contributed by atoms with Crippen molar-refractivity contribution >= 4 is 5.91 Å². The number of hydrogen-bond donors (Lipinski definition) is 1. The van der Waals surface area contributed by atoms with E-state index < -0.39 is 0 Å². The van der Waals surface area contributed by atoms with Gasteiger partial charge < -0.3 is 9.73 Å². The van der Waals surface area contributed by atoms with E-state index in [9.17, 15) is 9.59 Å². The molecule has 0 atom stereocenters. The average Bonchev–Trinajstić information content (AvgIpc) is 3.07. The second kappa shape index (κ2) is 6.09. The third-order valence-corrected chi connectivity index (χ3v) is 3.04. The zero-order chi connectivity index (χ0) is 15.4. The average molecular weight is 295 g/mol. The van der Waals surface area contributed by atoms with E-state index in [2.05, 4.69) is 10.4 Å². The second-order valence-corrected chi connectivity index (χ2v) is 4.57. The zero-order valence-electron chi connectivity index (χ0n) is 11.6. The van der Waals surface area contributed by atoms with Gasteiger partial charge in [0, 0.05) is 6.07 Å². The third kappa shape index (κ3) is 2.95. The highest BCUT2D eigenvalue weighted by atomic mass is 16.3. The molecule has 0 spiro atoms. The summed E-state index contributed by atoms with van der Waals surface area (Å²) < 4.78 is 6.34. The number of rotatable bonds is 4. The smallest absolute Gasteiger partial charge is 0.272 e. The summed E-state index contributed by atoms with van der Waals surface area (Å²) in [6.45, 7) is 0.262. The quantitative estimate of drug-likeness (QED) is 0.795. The van der Waals surface area contributed by atoms with Gasteiger partial charge in [-0.05, 0) is 30.3 Å². The van der Waals surface area contributed by atoms with E-state index in [0.717, 1.165) is 0 Å². The molecule has 1 N–H and O–H groups in total. The van der Waals surface area contributed by atoms with Gasteiger partial charge in [0.15, 0.2) is 0 Å². The Morgan fingerprint density at radius 3 is 2.64 bits per heavy atom. The van der Waals surface area contributed by atoms with E-state index in [1.165, 1.54) is 23.1 Å². The summed E-state index contributed by atoms with van der Waals surface area (Å²) in [5, 5.41) is 6.79. The SMILES string of the molecule is O=C(NCc1ccco1)c1ccc(=O)n(-c2ccccc2)n1. The van der Waals surface area contributed by atoms with Crippen molar-refractivity contribution in [2.75, 3.05) is 0 Å². The van der Waals surface area contributed by atoms with Gasteiger partial charge in [0.05, 0.1) is 18.5 Å². The minimum Gasteiger partial charge on any atom is -0.467 e. The van der Waals surface area contributed by atoms with Gasteiger partial charge in [-0.25, -0.2) is 0 Å². The lowest BCUT2D eigenvalue weighted by Crippen LogP contribution is -2.28. The van der Waals surface area contributed by atoms with Gasteiger partial charge in [-0.1, -0.05) is 18.2 Å². The minimum absolute atomic E-state index is 0.162. The number of nitrogens with one attached hydrogen (secondary N) is 1. The van der Waals surface area contributed by atoms with Crippen LogP contribution in [0.4, 0.5) is 0 Å². The number of furan rings is 1. The van der Waals surface area contributed by atoms with E-state index >= 15 is 0 Å². The number of para-hydroxylation sites is 1. The van der Waals surface area contributed by atoms with Gasteiger partial charge in [0.2, 0.25) is 0 Å². The molecular weight excluding hydrogens is 282 g/mol. The predicted molar refractivity (Wildman–Crippen MR) is 79.7 cm³/mol. The first-order valence-electron chi connectivity index (χ1n) is 6.70. The van der Waals surface area contributed by atoms with Crippen LogP contribution in [0.2, 0.25) is 0 Å². The summed E-state index contributed by atoms with van der Waals surface area (Å²) in [5.41, 5.74) is 0.469. The molecular formula is C16H13N3O3. The Bertz CT molecular complexity index is 823. The van der Waals surface area contributed by atoms with Crippen LogP contribution < -0.4 is 10.9 Å². The summed E-state index contributed by atoms with van der Waals surface area (Å²) in [7, 11) is 0. The fourth-order valence-corrected chi connectivity index (χ4v) is 1.96. The van der Waals surface area contributed by atoms with Crippen LogP contribution in [0.15, 0.2) is 70.1 Å². The molecule has 0 saturated heterocycles. The van der Waals surface area contributed by atoms with Crippen LogP contribution in [-0.4, -0.2) is 15.7 Å². The van der Waals surface area contributed by atoms with Crippen molar-refractivity contribution < 1.29 is 9.21 Å². The lowest BCUT2D eigenvalue weighted by Gasteiger charge is -2.07. The number of carbonyl (C=O) groups is 1. The number of aromatic nitrogens is 2. The topological polar surface area (TPSA) is 77.1 Å². The number of amides is 1. The maximum Gasteiger partial charge on any atom is 0.272 e. The normalized spacial score (nSPS) is 10.4. The molecule has 0 radical (unpaired) electrons. The third-order valence-electron chi connectivity index (χ3n) is 3.04. The molecule has 0 aliphatic carbocycles. The molecule has 22 heavy (non-hydrogen) atoms. The lowest BCUT2D eigenvalue weighted by atomic mass is 10.3. The molecule has 0 saturated carbocycles. The molecule has 3 aromatic rings. The highest BCUT2D eigenvalue weighted by Crippen LogP contribution is 2.03.